The number of amides is 1. The van der Waals surface area contributed by atoms with Crippen LogP contribution in [0.4, 0.5) is 10.5 Å². The van der Waals surface area contributed by atoms with E-state index in [1.807, 2.05) is 0 Å². The van der Waals surface area contributed by atoms with Crippen molar-refractivity contribution in [3.8, 4) is 5.75 Å². The minimum atomic E-state index is -0.986. The van der Waals surface area contributed by atoms with Gasteiger partial charge < -0.3 is 14.3 Å². The molecule has 23 heavy (non-hydrogen) atoms. The summed E-state index contributed by atoms with van der Waals surface area (Å²) in [5.74, 6) is 0.145. The number of nitro benzene ring substituents is 1. The van der Waals surface area contributed by atoms with Gasteiger partial charge in [-0.05, 0) is 26.8 Å². The third kappa shape index (κ3) is 4.67. The monoisotopic (exact) mass is 324 g/mol. The number of non-ortho nitro benzene ring substituents is 1. The Morgan fingerprint density at radius 3 is 2.43 bits per heavy atom. The van der Waals surface area contributed by atoms with Crippen LogP contribution in [0.2, 0.25) is 0 Å². The van der Waals surface area contributed by atoms with Crippen LogP contribution in [0.25, 0.3) is 0 Å². The number of likely N-dealkylation sites (N-methyl/N-ethyl adjacent to an activating group) is 1. The van der Waals surface area contributed by atoms with Gasteiger partial charge in [-0.25, -0.2) is 4.79 Å². The van der Waals surface area contributed by atoms with Gasteiger partial charge in [-0.15, -0.1) is 0 Å². The van der Waals surface area contributed by atoms with Crippen LogP contribution in [0.15, 0.2) is 18.2 Å². The molecule has 8 nitrogen and oxygen atoms in total. The van der Waals surface area contributed by atoms with Gasteiger partial charge in [0.05, 0.1) is 18.1 Å². The fraction of sp³-hybridized carbons (Fsp3) is 0.467. The summed E-state index contributed by atoms with van der Waals surface area (Å²) in [5.41, 5.74) is -0.546. The minimum absolute atomic E-state index is 0.145. The third-order valence-electron chi connectivity index (χ3n) is 2.97. The third-order valence-corrected chi connectivity index (χ3v) is 2.97. The maximum absolute atomic E-state index is 12.1. The lowest BCUT2D eigenvalue weighted by Crippen LogP contribution is -2.37. The fourth-order valence-corrected chi connectivity index (χ4v) is 1.88. The molecule has 1 atom stereocenters. The van der Waals surface area contributed by atoms with E-state index in [-0.39, 0.29) is 11.4 Å². The van der Waals surface area contributed by atoms with Gasteiger partial charge in [-0.1, -0.05) is 0 Å². The highest BCUT2D eigenvalue weighted by Crippen LogP contribution is 2.31. The van der Waals surface area contributed by atoms with Gasteiger partial charge in [-0.3, -0.25) is 15.0 Å². The maximum Gasteiger partial charge on any atom is 0.410 e. The largest absolute Gasteiger partial charge is 0.496 e. The number of rotatable bonds is 5. The topological polar surface area (TPSA) is 99.0 Å². The second-order valence-corrected chi connectivity index (χ2v) is 5.86. The van der Waals surface area contributed by atoms with Crippen molar-refractivity contribution in [3.05, 3.63) is 33.9 Å². The van der Waals surface area contributed by atoms with Gasteiger partial charge in [0.1, 0.15) is 23.7 Å². The fourth-order valence-electron chi connectivity index (χ4n) is 1.88. The Kier molecular flexibility index (Phi) is 5.67. The van der Waals surface area contributed by atoms with E-state index in [9.17, 15) is 19.7 Å². The SMILES string of the molecule is COc1cc([N+](=O)[O-])ccc1C(C=O)N(C)C(=O)OC(C)(C)C. The first-order valence-corrected chi connectivity index (χ1v) is 6.84. The number of ether oxygens (including phenoxy) is 2. The van der Waals surface area contributed by atoms with Crippen molar-refractivity contribution in [2.45, 2.75) is 32.4 Å². The number of aldehydes is 1. The number of carbonyl (C=O) groups excluding carboxylic acids is 2. The molecule has 0 N–H and O–H groups in total. The Balaban J connectivity index is 3.17. The van der Waals surface area contributed by atoms with Gasteiger partial charge in [0.25, 0.3) is 5.69 Å². The zero-order chi connectivity index (χ0) is 17.8. The van der Waals surface area contributed by atoms with Crippen LogP contribution >= 0.6 is 0 Å². The van der Waals surface area contributed by atoms with Crippen molar-refractivity contribution in [2.75, 3.05) is 14.2 Å². The number of hydrogen-bond acceptors (Lipinski definition) is 6. The van der Waals surface area contributed by atoms with Crippen LogP contribution in [0.5, 0.6) is 5.75 Å². The molecule has 1 amide bonds. The highest BCUT2D eigenvalue weighted by molar-refractivity contribution is 5.75. The molecule has 1 rings (SSSR count). The lowest BCUT2D eigenvalue weighted by molar-refractivity contribution is -0.384. The van der Waals surface area contributed by atoms with E-state index in [4.69, 9.17) is 9.47 Å². The normalized spacial score (nSPS) is 12.2. The number of benzene rings is 1. The van der Waals surface area contributed by atoms with Crippen LogP contribution < -0.4 is 4.74 Å². The molecule has 0 radical (unpaired) electrons. The molecule has 0 heterocycles. The summed E-state index contributed by atoms with van der Waals surface area (Å²) < 4.78 is 10.3. The molecule has 0 bridgehead atoms. The van der Waals surface area contributed by atoms with E-state index in [1.54, 1.807) is 20.8 Å². The molecule has 0 aliphatic heterocycles. The Bertz CT molecular complexity index is 608. The molecular weight excluding hydrogens is 304 g/mol. The molecule has 0 aliphatic rings. The summed E-state index contributed by atoms with van der Waals surface area (Å²) in [4.78, 5) is 34.9. The lowest BCUT2D eigenvalue weighted by atomic mass is 10.1. The quantitative estimate of drug-likeness (QED) is 0.469. The molecule has 0 aliphatic carbocycles. The number of hydrogen-bond donors (Lipinski definition) is 0. The van der Waals surface area contributed by atoms with E-state index in [0.717, 1.165) is 4.90 Å². The second-order valence-electron chi connectivity index (χ2n) is 5.86. The zero-order valence-electron chi connectivity index (χ0n) is 13.7. The van der Waals surface area contributed by atoms with E-state index in [0.29, 0.717) is 11.8 Å². The van der Waals surface area contributed by atoms with Gasteiger partial charge >= 0.3 is 6.09 Å². The van der Waals surface area contributed by atoms with E-state index in [2.05, 4.69) is 0 Å². The first-order chi connectivity index (χ1) is 10.6. The average molecular weight is 324 g/mol. The Morgan fingerprint density at radius 2 is 2.00 bits per heavy atom. The summed E-state index contributed by atoms with van der Waals surface area (Å²) in [6, 6.07) is 2.85. The van der Waals surface area contributed by atoms with E-state index >= 15 is 0 Å². The molecule has 0 saturated heterocycles. The summed E-state index contributed by atoms with van der Waals surface area (Å²) in [6.45, 7) is 5.13. The van der Waals surface area contributed by atoms with Gasteiger partial charge in [-0.2, -0.15) is 0 Å². The Labute approximate surface area is 134 Å². The molecular formula is C15H20N2O6. The predicted octanol–water partition coefficient (Wildman–Crippen LogP) is 2.71. The smallest absolute Gasteiger partial charge is 0.410 e. The summed E-state index contributed by atoms with van der Waals surface area (Å²) >= 11 is 0. The molecule has 1 aromatic rings. The van der Waals surface area contributed by atoms with Crippen LogP contribution in [0.3, 0.4) is 0 Å². The van der Waals surface area contributed by atoms with Crippen molar-refractivity contribution < 1.29 is 24.0 Å². The second kappa shape index (κ2) is 7.08. The van der Waals surface area contributed by atoms with Crippen LogP contribution in [-0.4, -0.2) is 42.0 Å². The summed E-state index contributed by atoms with van der Waals surface area (Å²) in [6.07, 6.45) is -0.136. The van der Waals surface area contributed by atoms with Crippen molar-refractivity contribution in [3.63, 3.8) is 0 Å². The highest BCUT2D eigenvalue weighted by atomic mass is 16.6. The average Bonchev–Trinajstić information content (AvgIpc) is 2.46. The first kappa shape index (κ1) is 18.4. The number of nitrogens with zero attached hydrogens (tertiary/aromatic N) is 2. The maximum atomic E-state index is 12.1. The van der Waals surface area contributed by atoms with E-state index < -0.39 is 22.7 Å². The van der Waals surface area contributed by atoms with Gasteiger partial charge in [0.2, 0.25) is 0 Å². The Hall–Kier alpha value is -2.64. The van der Waals surface area contributed by atoms with Crippen LogP contribution in [-0.2, 0) is 9.53 Å². The minimum Gasteiger partial charge on any atom is -0.496 e. The molecule has 0 aromatic heterocycles. The molecule has 1 aromatic carbocycles. The molecule has 8 heteroatoms. The number of nitro groups is 1. The van der Waals surface area contributed by atoms with Crippen molar-refractivity contribution >= 4 is 18.1 Å². The van der Waals surface area contributed by atoms with E-state index in [1.165, 1.54) is 32.4 Å². The standard InChI is InChI=1S/C15H20N2O6/c1-15(2,3)23-14(19)16(4)12(9-18)11-7-6-10(17(20)21)8-13(11)22-5/h6-9,12H,1-5H3. The molecule has 126 valence electrons. The van der Waals surface area contributed by atoms with Crippen molar-refractivity contribution in [1.29, 1.82) is 0 Å². The molecule has 1 unspecified atom stereocenters. The number of methoxy groups -OCH3 is 1. The van der Waals surface area contributed by atoms with Crippen LogP contribution in [0.1, 0.15) is 32.4 Å². The summed E-state index contributed by atoms with van der Waals surface area (Å²) in [5, 5.41) is 10.8. The zero-order valence-corrected chi connectivity index (χ0v) is 13.7. The number of carbonyl (C=O) groups is 2. The van der Waals surface area contributed by atoms with Gasteiger partial charge in [0, 0.05) is 18.7 Å². The molecule has 0 saturated carbocycles. The van der Waals surface area contributed by atoms with Crippen molar-refractivity contribution in [2.24, 2.45) is 0 Å². The molecule has 0 fully saturated rings. The highest BCUT2D eigenvalue weighted by Gasteiger charge is 2.28. The Morgan fingerprint density at radius 1 is 1.39 bits per heavy atom. The van der Waals surface area contributed by atoms with Gasteiger partial charge in [0.15, 0.2) is 0 Å². The van der Waals surface area contributed by atoms with Crippen molar-refractivity contribution in [1.82, 2.24) is 4.90 Å². The molecule has 0 spiro atoms. The summed E-state index contributed by atoms with van der Waals surface area (Å²) in [7, 11) is 2.74. The predicted molar refractivity (Wildman–Crippen MR) is 82.5 cm³/mol. The van der Waals surface area contributed by atoms with Crippen LogP contribution in [0, 0.1) is 10.1 Å². The lowest BCUT2D eigenvalue weighted by Gasteiger charge is -2.28. The first-order valence-electron chi connectivity index (χ1n) is 6.84.